The molecule has 1 aliphatic carbocycles. The van der Waals surface area contributed by atoms with Gasteiger partial charge in [0, 0.05) is 12.2 Å². The van der Waals surface area contributed by atoms with Gasteiger partial charge in [0.2, 0.25) is 0 Å². The molecule has 1 aliphatic rings. The molecule has 0 atom stereocenters. The van der Waals surface area contributed by atoms with Crippen molar-refractivity contribution in [3.05, 3.63) is 53.9 Å². The minimum Gasteiger partial charge on any atom is -0.370 e. The quantitative estimate of drug-likeness (QED) is 0.504. The van der Waals surface area contributed by atoms with Crippen LogP contribution in [0.2, 0.25) is 0 Å². The van der Waals surface area contributed by atoms with E-state index < -0.39 is 0 Å². The van der Waals surface area contributed by atoms with E-state index in [9.17, 15) is 0 Å². The Hall–Kier alpha value is -2.30. The third-order valence-electron chi connectivity index (χ3n) is 4.50. The van der Waals surface area contributed by atoms with E-state index in [-0.39, 0.29) is 0 Å². The summed E-state index contributed by atoms with van der Waals surface area (Å²) in [6.07, 6.45) is 9.64. The van der Waals surface area contributed by atoms with Crippen LogP contribution in [0, 0.1) is 0 Å². The van der Waals surface area contributed by atoms with Crippen molar-refractivity contribution in [2.75, 3.05) is 0 Å². The van der Waals surface area contributed by atoms with Crippen molar-refractivity contribution in [1.82, 2.24) is 15.1 Å². The molecule has 0 bridgehead atoms. The zero-order valence-electron chi connectivity index (χ0n) is 14.2. The third-order valence-corrected chi connectivity index (χ3v) is 4.50. The van der Waals surface area contributed by atoms with Crippen LogP contribution < -0.4 is 11.1 Å². The fourth-order valence-corrected chi connectivity index (χ4v) is 3.19. The van der Waals surface area contributed by atoms with Crippen LogP contribution in [-0.4, -0.2) is 21.8 Å². The number of nitrogens with two attached hydrogens (primary N) is 1. The van der Waals surface area contributed by atoms with Crippen molar-refractivity contribution >= 4 is 5.96 Å². The zero-order valence-corrected chi connectivity index (χ0v) is 14.2. The molecule has 2 aromatic rings. The molecule has 5 nitrogen and oxygen atoms in total. The van der Waals surface area contributed by atoms with E-state index in [0.29, 0.717) is 18.5 Å². The van der Waals surface area contributed by atoms with Crippen LogP contribution in [-0.2, 0) is 13.1 Å². The van der Waals surface area contributed by atoms with Gasteiger partial charge in [0.25, 0.3) is 0 Å². The zero-order chi connectivity index (χ0) is 16.6. The van der Waals surface area contributed by atoms with Gasteiger partial charge in [0.05, 0.1) is 18.8 Å². The van der Waals surface area contributed by atoms with Gasteiger partial charge in [0.1, 0.15) is 0 Å². The number of hydrogen-bond donors (Lipinski definition) is 2. The number of nitrogens with one attached hydrogen (secondary N) is 1. The molecular formula is C19H27N5. The number of hydrogen-bond acceptors (Lipinski definition) is 2. The highest BCUT2D eigenvalue weighted by atomic mass is 15.3. The topological polar surface area (TPSA) is 68.2 Å². The first kappa shape index (κ1) is 16.6. The smallest absolute Gasteiger partial charge is 0.189 e. The summed E-state index contributed by atoms with van der Waals surface area (Å²) in [4.78, 5) is 4.45. The van der Waals surface area contributed by atoms with Gasteiger partial charge >= 0.3 is 0 Å². The maximum Gasteiger partial charge on any atom is 0.189 e. The molecular weight excluding hydrogens is 298 g/mol. The van der Waals surface area contributed by atoms with Crippen LogP contribution in [0.15, 0.2) is 47.6 Å². The molecule has 0 radical (unpaired) electrons. The second-order valence-electron chi connectivity index (χ2n) is 6.52. The summed E-state index contributed by atoms with van der Waals surface area (Å²) in [5.41, 5.74) is 8.22. The summed E-state index contributed by atoms with van der Waals surface area (Å²) in [7, 11) is 0. The Morgan fingerprint density at radius 2 is 1.88 bits per heavy atom. The largest absolute Gasteiger partial charge is 0.370 e. The molecule has 0 amide bonds. The number of aromatic nitrogens is 2. The maximum absolute atomic E-state index is 6.04. The first-order valence-electron chi connectivity index (χ1n) is 8.92. The Balaban J connectivity index is 1.50. The summed E-state index contributed by atoms with van der Waals surface area (Å²) in [6, 6.07) is 12.8. The van der Waals surface area contributed by atoms with Gasteiger partial charge in [-0.1, -0.05) is 56.0 Å². The maximum atomic E-state index is 6.04. The van der Waals surface area contributed by atoms with E-state index in [1.807, 2.05) is 35.1 Å². The number of aliphatic imine (C=N–C) groups is 1. The molecule has 5 heteroatoms. The first-order valence-corrected chi connectivity index (χ1v) is 8.92. The molecule has 128 valence electrons. The predicted octanol–water partition coefficient (Wildman–Crippen LogP) is 3.06. The average molecular weight is 325 g/mol. The molecule has 24 heavy (non-hydrogen) atoms. The lowest BCUT2D eigenvalue weighted by Gasteiger charge is -2.16. The number of guanidine groups is 1. The van der Waals surface area contributed by atoms with Crippen molar-refractivity contribution in [2.24, 2.45) is 10.7 Å². The van der Waals surface area contributed by atoms with Crippen molar-refractivity contribution in [3.8, 4) is 0 Å². The molecule has 0 unspecified atom stereocenters. The molecule has 3 N–H and O–H groups in total. The molecule has 1 aromatic heterocycles. The lowest BCUT2D eigenvalue weighted by Crippen LogP contribution is -2.39. The van der Waals surface area contributed by atoms with Crippen molar-refractivity contribution < 1.29 is 0 Å². The van der Waals surface area contributed by atoms with E-state index in [1.54, 1.807) is 0 Å². The molecule has 0 spiro atoms. The second-order valence-corrected chi connectivity index (χ2v) is 6.52. The molecule has 1 heterocycles. The van der Waals surface area contributed by atoms with Gasteiger partial charge in [-0.15, -0.1) is 0 Å². The monoisotopic (exact) mass is 325 g/mol. The molecule has 3 rings (SSSR count). The first-order chi connectivity index (χ1) is 11.8. The summed E-state index contributed by atoms with van der Waals surface area (Å²) in [5.74, 6) is 0.541. The van der Waals surface area contributed by atoms with Crippen LogP contribution in [0.3, 0.4) is 0 Å². The summed E-state index contributed by atoms with van der Waals surface area (Å²) < 4.78 is 1.94. The molecule has 1 saturated carbocycles. The van der Waals surface area contributed by atoms with Crippen molar-refractivity contribution in [1.29, 1.82) is 0 Å². The Morgan fingerprint density at radius 1 is 1.12 bits per heavy atom. The van der Waals surface area contributed by atoms with E-state index >= 15 is 0 Å². The fraction of sp³-hybridized carbons (Fsp3) is 0.474. The SMILES string of the molecule is NC(=NCc1ccn(Cc2ccccc2)n1)NC1CCCCCC1. The number of benzene rings is 1. The molecule has 0 saturated heterocycles. The fourth-order valence-electron chi connectivity index (χ4n) is 3.19. The Labute approximate surface area is 144 Å². The van der Waals surface area contributed by atoms with Crippen LogP contribution >= 0.6 is 0 Å². The summed E-state index contributed by atoms with van der Waals surface area (Å²) >= 11 is 0. The van der Waals surface area contributed by atoms with Crippen LogP contribution in [0.4, 0.5) is 0 Å². The molecule has 1 fully saturated rings. The van der Waals surface area contributed by atoms with Gasteiger partial charge < -0.3 is 11.1 Å². The molecule has 0 aliphatic heterocycles. The van der Waals surface area contributed by atoms with E-state index in [0.717, 1.165) is 12.2 Å². The Kier molecular flexibility index (Phi) is 5.88. The second kappa shape index (κ2) is 8.52. The van der Waals surface area contributed by atoms with E-state index in [2.05, 4.69) is 27.5 Å². The minimum absolute atomic E-state index is 0.479. The van der Waals surface area contributed by atoms with E-state index in [1.165, 1.54) is 44.1 Å². The van der Waals surface area contributed by atoms with Crippen molar-refractivity contribution in [3.63, 3.8) is 0 Å². The number of nitrogens with zero attached hydrogens (tertiary/aromatic N) is 3. The summed E-state index contributed by atoms with van der Waals surface area (Å²) in [6.45, 7) is 1.30. The summed E-state index contributed by atoms with van der Waals surface area (Å²) in [5, 5.41) is 7.93. The normalized spacial score (nSPS) is 16.8. The van der Waals surface area contributed by atoms with Gasteiger partial charge in [-0.05, 0) is 24.5 Å². The standard InChI is InChI=1S/C19H27N5/c20-19(22-17-10-6-1-2-7-11-17)21-14-18-12-13-24(23-18)15-16-8-4-3-5-9-16/h3-5,8-9,12-13,17H,1-2,6-7,10-11,14-15H2,(H3,20,21,22). The minimum atomic E-state index is 0.479. The van der Waals surface area contributed by atoms with Crippen LogP contribution in [0.25, 0.3) is 0 Å². The van der Waals surface area contributed by atoms with E-state index in [4.69, 9.17) is 5.73 Å². The highest BCUT2D eigenvalue weighted by Gasteiger charge is 2.12. The third kappa shape index (κ3) is 5.11. The molecule has 1 aromatic carbocycles. The van der Waals surface area contributed by atoms with Crippen LogP contribution in [0.1, 0.15) is 49.8 Å². The highest BCUT2D eigenvalue weighted by molar-refractivity contribution is 5.78. The lowest BCUT2D eigenvalue weighted by molar-refractivity contribution is 0.530. The van der Waals surface area contributed by atoms with Gasteiger partial charge in [-0.25, -0.2) is 4.99 Å². The van der Waals surface area contributed by atoms with Crippen LogP contribution in [0.5, 0.6) is 0 Å². The number of rotatable bonds is 5. The Morgan fingerprint density at radius 3 is 2.62 bits per heavy atom. The Bertz CT molecular complexity index is 639. The van der Waals surface area contributed by atoms with Gasteiger partial charge in [-0.3, -0.25) is 4.68 Å². The van der Waals surface area contributed by atoms with Gasteiger partial charge in [0.15, 0.2) is 5.96 Å². The highest BCUT2D eigenvalue weighted by Crippen LogP contribution is 2.16. The van der Waals surface area contributed by atoms with Gasteiger partial charge in [-0.2, -0.15) is 5.10 Å². The average Bonchev–Trinajstić information content (AvgIpc) is 2.88. The predicted molar refractivity (Wildman–Crippen MR) is 97.7 cm³/mol. The lowest BCUT2D eigenvalue weighted by atomic mass is 10.1. The van der Waals surface area contributed by atoms with Crippen molar-refractivity contribution in [2.45, 2.75) is 57.7 Å².